The average Bonchev–Trinajstić information content (AvgIpc) is 2.41. The monoisotopic (exact) mass is 274 g/mol. The lowest BCUT2D eigenvalue weighted by atomic mass is 10.1. The lowest BCUT2D eigenvalue weighted by Gasteiger charge is -2.08. The summed E-state index contributed by atoms with van der Waals surface area (Å²) in [6.45, 7) is 1.92. The lowest BCUT2D eigenvalue weighted by molar-refractivity contribution is -0.116. The number of carbonyl (C=O) groups is 1. The summed E-state index contributed by atoms with van der Waals surface area (Å²) >= 11 is 5.88. The number of rotatable bonds is 4. The van der Waals surface area contributed by atoms with E-state index in [2.05, 4.69) is 10.3 Å². The van der Waals surface area contributed by atoms with E-state index in [1.165, 1.54) is 0 Å². The topological polar surface area (TPSA) is 42.0 Å². The molecule has 0 saturated heterocycles. The minimum atomic E-state index is -0.00530. The van der Waals surface area contributed by atoms with Crippen LogP contribution in [0.1, 0.15) is 17.5 Å². The van der Waals surface area contributed by atoms with Gasteiger partial charge in [-0.2, -0.15) is 0 Å². The Labute approximate surface area is 117 Å². The molecule has 1 aromatic heterocycles. The van der Waals surface area contributed by atoms with E-state index >= 15 is 0 Å². The molecule has 0 aliphatic carbocycles. The fourth-order valence-corrected chi connectivity index (χ4v) is 2.01. The molecule has 1 heterocycles. The number of benzene rings is 1. The van der Waals surface area contributed by atoms with Crippen molar-refractivity contribution in [1.29, 1.82) is 0 Å². The van der Waals surface area contributed by atoms with E-state index in [-0.39, 0.29) is 5.91 Å². The van der Waals surface area contributed by atoms with Gasteiger partial charge in [0.1, 0.15) is 0 Å². The van der Waals surface area contributed by atoms with Crippen molar-refractivity contribution in [3.63, 3.8) is 0 Å². The zero-order chi connectivity index (χ0) is 13.7. The maximum Gasteiger partial charge on any atom is 0.224 e. The quantitative estimate of drug-likeness (QED) is 0.925. The fraction of sp³-hybridized carbons (Fsp3) is 0.200. The van der Waals surface area contributed by atoms with Gasteiger partial charge < -0.3 is 5.32 Å². The van der Waals surface area contributed by atoms with Gasteiger partial charge in [-0.15, -0.1) is 0 Å². The molecule has 0 saturated carbocycles. The molecule has 0 aliphatic rings. The Morgan fingerprint density at radius 2 is 2.21 bits per heavy atom. The van der Waals surface area contributed by atoms with E-state index in [0.717, 1.165) is 16.8 Å². The number of anilines is 1. The number of hydrogen-bond donors (Lipinski definition) is 1. The van der Waals surface area contributed by atoms with Crippen LogP contribution in [0.4, 0.5) is 5.69 Å². The number of pyridine rings is 1. The van der Waals surface area contributed by atoms with Gasteiger partial charge in [-0.05, 0) is 48.7 Å². The van der Waals surface area contributed by atoms with Crippen LogP contribution in [0.25, 0.3) is 0 Å². The maximum atomic E-state index is 11.9. The van der Waals surface area contributed by atoms with Gasteiger partial charge in [0.25, 0.3) is 0 Å². The largest absolute Gasteiger partial charge is 0.326 e. The van der Waals surface area contributed by atoms with Crippen LogP contribution in [-0.4, -0.2) is 10.9 Å². The first kappa shape index (κ1) is 13.6. The summed E-state index contributed by atoms with van der Waals surface area (Å²) in [6, 6.07) is 9.26. The second-order valence-electron chi connectivity index (χ2n) is 4.37. The van der Waals surface area contributed by atoms with Gasteiger partial charge in [0.2, 0.25) is 5.91 Å². The second kappa shape index (κ2) is 6.34. The summed E-state index contributed by atoms with van der Waals surface area (Å²) in [5.74, 6) is -0.00530. The molecule has 2 aromatic rings. The van der Waals surface area contributed by atoms with Crippen molar-refractivity contribution < 1.29 is 4.79 Å². The molecular formula is C15H15ClN2O. The first-order valence-electron chi connectivity index (χ1n) is 6.10. The molecule has 4 heteroatoms. The predicted molar refractivity (Wildman–Crippen MR) is 77.4 cm³/mol. The zero-order valence-electron chi connectivity index (χ0n) is 10.7. The fourth-order valence-electron chi connectivity index (χ4n) is 1.78. The molecular weight excluding hydrogens is 260 g/mol. The van der Waals surface area contributed by atoms with E-state index in [1.807, 2.05) is 31.2 Å². The molecule has 1 aromatic carbocycles. The van der Waals surface area contributed by atoms with E-state index in [0.29, 0.717) is 17.9 Å². The number of aryl methyl sites for hydroxylation is 2. The predicted octanol–water partition coefficient (Wildman–Crippen LogP) is 3.61. The Hall–Kier alpha value is -1.87. The summed E-state index contributed by atoms with van der Waals surface area (Å²) in [5.41, 5.74) is 2.83. The van der Waals surface area contributed by atoms with Crippen LogP contribution in [-0.2, 0) is 11.2 Å². The Morgan fingerprint density at radius 3 is 2.89 bits per heavy atom. The van der Waals surface area contributed by atoms with Gasteiger partial charge in [-0.1, -0.05) is 17.7 Å². The van der Waals surface area contributed by atoms with Crippen LogP contribution in [0.15, 0.2) is 42.7 Å². The van der Waals surface area contributed by atoms with Crippen molar-refractivity contribution in [2.75, 3.05) is 5.32 Å². The van der Waals surface area contributed by atoms with Crippen LogP contribution >= 0.6 is 11.6 Å². The standard InChI is InChI=1S/C15H15ClN2O/c1-11-9-13(16)5-6-14(11)18-15(19)7-4-12-3-2-8-17-10-12/h2-3,5-6,8-10H,4,7H2,1H3,(H,18,19). The first-order chi connectivity index (χ1) is 9.15. The summed E-state index contributed by atoms with van der Waals surface area (Å²) in [5, 5.41) is 3.56. The highest BCUT2D eigenvalue weighted by Gasteiger charge is 2.05. The number of hydrogen-bond acceptors (Lipinski definition) is 2. The highest BCUT2D eigenvalue weighted by Crippen LogP contribution is 2.19. The smallest absolute Gasteiger partial charge is 0.224 e. The summed E-state index contributed by atoms with van der Waals surface area (Å²) in [4.78, 5) is 15.9. The molecule has 0 radical (unpaired) electrons. The van der Waals surface area contributed by atoms with Crippen LogP contribution in [0.5, 0.6) is 0 Å². The third-order valence-corrected chi connectivity index (χ3v) is 3.06. The molecule has 0 atom stereocenters. The van der Waals surface area contributed by atoms with Crippen LogP contribution in [0.2, 0.25) is 5.02 Å². The molecule has 0 unspecified atom stereocenters. The number of aromatic nitrogens is 1. The van der Waals surface area contributed by atoms with Gasteiger partial charge in [0.15, 0.2) is 0 Å². The lowest BCUT2D eigenvalue weighted by Crippen LogP contribution is -2.13. The molecule has 1 amide bonds. The van der Waals surface area contributed by atoms with Gasteiger partial charge in [-0.25, -0.2) is 0 Å². The van der Waals surface area contributed by atoms with E-state index in [9.17, 15) is 4.79 Å². The van der Waals surface area contributed by atoms with Crippen molar-refractivity contribution in [2.24, 2.45) is 0 Å². The Kier molecular flexibility index (Phi) is 4.53. The molecule has 98 valence electrons. The highest BCUT2D eigenvalue weighted by atomic mass is 35.5. The average molecular weight is 275 g/mol. The summed E-state index contributed by atoms with van der Waals surface area (Å²) < 4.78 is 0. The van der Waals surface area contributed by atoms with Crippen molar-refractivity contribution >= 4 is 23.2 Å². The second-order valence-corrected chi connectivity index (χ2v) is 4.81. The van der Waals surface area contributed by atoms with E-state index in [1.54, 1.807) is 18.5 Å². The minimum absolute atomic E-state index is 0.00530. The SMILES string of the molecule is Cc1cc(Cl)ccc1NC(=O)CCc1cccnc1. The van der Waals surface area contributed by atoms with Gasteiger partial charge in [0.05, 0.1) is 0 Å². The molecule has 3 nitrogen and oxygen atoms in total. The van der Waals surface area contributed by atoms with E-state index < -0.39 is 0 Å². The molecule has 0 spiro atoms. The molecule has 19 heavy (non-hydrogen) atoms. The van der Waals surface area contributed by atoms with Crippen LogP contribution in [0.3, 0.4) is 0 Å². The van der Waals surface area contributed by atoms with Crippen molar-refractivity contribution in [2.45, 2.75) is 19.8 Å². The highest BCUT2D eigenvalue weighted by molar-refractivity contribution is 6.30. The van der Waals surface area contributed by atoms with Crippen molar-refractivity contribution in [3.05, 3.63) is 58.9 Å². The molecule has 0 aliphatic heterocycles. The Morgan fingerprint density at radius 1 is 1.37 bits per heavy atom. The van der Waals surface area contributed by atoms with Gasteiger partial charge in [-0.3, -0.25) is 9.78 Å². The van der Waals surface area contributed by atoms with Crippen LogP contribution < -0.4 is 5.32 Å². The maximum absolute atomic E-state index is 11.9. The van der Waals surface area contributed by atoms with Gasteiger partial charge >= 0.3 is 0 Å². The van der Waals surface area contributed by atoms with Crippen molar-refractivity contribution in [1.82, 2.24) is 4.98 Å². The number of nitrogens with one attached hydrogen (secondary N) is 1. The third-order valence-electron chi connectivity index (χ3n) is 2.83. The molecule has 2 rings (SSSR count). The normalized spacial score (nSPS) is 10.2. The van der Waals surface area contributed by atoms with Crippen molar-refractivity contribution in [3.8, 4) is 0 Å². The molecule has 1 N–H and O–H groups in total. The summed E-state index contributed by atoms with van der Waals surface area (Å²) in [7, 11) is 0. The summed E-state index contributed by atoms with van der Waals surface area (Å²) in [6.07, 6.45) is 4.63. The first-order valence-corrected chi connectivity index (χ1v) is 6.48. The van der Waals surface area contributed by atoms with Gasteiger partial charge in [0, 0.05) is 29.5 Å². The Balaban J connectivity index is 1.91. The molecule has 0 fully saturated rings. The molecule has 0 bridgehead atoms. The number of carbonyl (C=O) groups excluding carboxylic acids is 1. The van der Waals surface area contributed by atoms with E-state index in [4.69, 9.17) is 11.6 Å². The zero-order valence-corrected chi connectivity index (χ0v) is 11.4. The minimum Gasteiger partial charge on any atom is -0.326 e. The Bertz CT molecular complexity index is 570. The number of nitrogens with zero attached hydrogens (tertiary/aromatic N) is 1. The number of amides is 1. The van der Waals surface area contributed by atoms with Crippen LogP contribution in [0, 0.1) is 6.92 Å². The third kappa shape index (κ3) is 4.07. The number of halogens is 1.